The van der Waals surface area contributed by atoms with E-state index in [9.17, 15) is 15.2 Å². The number of aliphatic hydroxyl groups is 1. The monoisotopic (exact) mass is 238 g/mol. The first-order valence-electron chi connectivity index (χ1n) is 6.20. The van der Waals surface area contributed by atoms with Crippen LogP contribution < -0.4 is 0 Å². The maximum Gasteiger partial charge on any atom is 0.242 e. The van der Waals surface area contributed by atoms with Crippen LogP contribution in [0, 0.1) is 16.7 Å². The molecule has 1 fully saturated rings. The van der Waals surface area contributed by atoms with Crippen LogP contribution in [0.2, 0.25) is 0 Å². The van der Waals surface area contributed by atoms with E-state index in [1.54, 1.807) is 20.9 Å². The van der Waals surface area contributed by atoms with Gasteiger partial charge in [0, 0.05) is 13.6 Å². The predicted molar refractivity (Wildman–Crippen MR) is 65.1 cm³/mol. The standard InChI is InChI=1S/C13H22N2O2/c1-12(2,17)10-15(3)11(16)13(9-14)7-5-4-6-8-13/h17H,4-8,10H2,1-3H3. The first kappa shape index (κ1) is 14.0. The van der Waals surface area contributed by atoms with Gasteiger partial charge in [0.15, 0.2) is 0 Å². The molecule has 1 saturated carbocycles. The van der Waals surface area contributed by atoms with Crippen molar-refractivity contribution < 1.29 is 9.90 Å². The second kappa shape index (κ2) is 5.05. The van der Waals surface area contributed by atoms with E-state index in [2.05, 4.69) is 6.07 Å². The summed E-state index contributed by atoms with van der Waals surface area (Å²) in [6.07, 6.45) is 4.29. The maximum atomic E-state index is 12.3. The molecule has 0 unspecified atom stereocenters. The van der Waals surface area contributed by atoms with Crippen molar-refractivity contribution >= 4 is 5.91 Å². The molecule has 17 heavy (non-hydrogen) atoms. The van der Waals surface area contributed by atoms with E-state index in [4.69, 9.17) is 0 Å². The predicted octanol–water partition coefficient (Wildman–Crippen LogP) is 1.69. The molecule has 0 radical (unpaired) electrons. The molecule has 96 valence electrons. The Bertz CT molecular complexity index is 319. The largest absolute Gasteiger partial charge is 0.389 e. The summed E-state index contributed by atoms with van der Waals surface area (Å²) in [7, 11) is 1.66. The minimum Gasteiger partial charge on any atom is -0.389 e. The third-order valence-electron chi connectivity index (χ3n) is 3.30. The molecule has 0 bridgehead atoms. The molecule has 1 aliphatic rings. The zero-order valence-electron chi connectivity index (χ0n) is 11.0. The van der Waals surface area contributed by atoms with Gasteiger partial charge in [0.2, 0.25) is 5.91 Å². The van der Waals surface area contributed by atoms with Crippen LogP contribution in [-0.4, -0.2) is 35.1 Å². The first-order valence-corrected chi connectivity index (χ1v) is 6.20. The summed E-state index contributed by atoms with van der Waals surface area (Å²) in [6.45, 7) is 3.59. The summed E-state index contributed by atoms with van der Waals surface area (Å²) in [6, 6.07) is 2.21. The fourth-order valence-electron chi connectivity index (χ4n) is 2.55. The lowest BCUT2D eigenvalue weighted by Gasteiger charge is -2.35. The zero-order chi connectivity index (χ0) is 13.1. The lowest BCUT2D eigenvalue weighted by Crippen LogP contribution is -2.47. The maximum absolute atomic E-state index is 12.3. The van der Waals surface area contributed by atoms with Crippen molar-refractivity contribution in [3.8, 4) is 6.07 Å². The van der Waals surface area contributed by atoms with Crippen LogP contribution in [0.4, 0.5) is 0 Å². The summed E-state index contributed by atoms with van der Waals surface area (Å²) in [5.41, 5.74) is -1.77. The summed E-state index contributed by atoms with van der Waals surface area (Å²) in [4.78, 5) is 13.8. The van der Waals surface area contributed by atoms with Crippen molar-refractivity contribution in [1.82, 2.24) is 4.90 Å². The third kappa shape index (κ3) is 3.44. The second-order valence-corrected chi connectivity index (χ2v) is 5.73. The number of hydrogen-bond donors (Lipinski definition) is 1. The minimum absolute atomic E-state index is 0.137. The van der Waals surface area contributed by atoms with Crippen LogP contribution in [0.15, 0.2) is 0 Å². The fraction of sp³-hybridized carbons (Fsp3) is 0.846. The van der Waals surface area contributed by atoms with E-state index < -0.39 is 11.0 Å². The number of nitrogens with zero attached hydrogens (tertiary/aromatic N) is 2. The highest BCUT2D eigenvalue weighted by atomic mass is 16.3. The van der Waals surface area contributed by atoms with Crippen molar-refractivity contribution in [2.45, 2.75) is 51.6 Å². The highest BCUT2D eigenvalue weighted by Crippen LogP contribution is 2.37. The Morgan fingerprint density at radius 2 is 1.94 bits per heavy atom. The summed E-state index contributed by atoms with van der Waals surface area (Å²) >= 11 is 0. The van der Waals surface area contributed by atoms with Gasteiger partial charge in [0.1, 0.15) is 5.41 Å². The van der Waals surface area contributed by atoms with Gasteiger partial charge in [-0.2, -0.15) is 5.26 Å². The van der Waals surface area contributed by atoms with Gasteiger partial charge < -0.3 is 10.0 Å². The van der Waals surface area contributed by atoms with Crippen molar-refractivity contribution in [3.63, 3.8) is 0 Å². The van der Waals surface area contributed by atoms with Gasteiger partial charge >= 0.3 is 0 Å². The van der Waals surface area contributed by atoms with Crippen molar-refractivity contribution in [1.29, 1.82) is 5.26 Å². The molecule has 0 aromatic rings. The van der Waals surface area contributed by atoms with Crippen LogP contribution in [0.5, 0.6) is 0 Å². The molecule has 1 amide bonds. The van der Waals surface area contributed by atoms with Gasteiger partial charge in [0.05, 0.1) is 11.7 Å². The normalized spacial score (nSPS) is 19.5. The summed E-state index contributed by atoms with van der Waals surface area (Å²) in [5, 5.41) is 19.0. The SMILES string of the molecule is CN(CC(C)(C)O)C(=O)C1(C#N)CCCCC1. The Hall–Kier alpha value is -1.08. The molecule has 4 heteroatoms. The highest BCUT2D eigenvalue weighted by Gasteiger charge is 2.42. The number of nitriles is 1. The van der Waals surface area contributed by atoms with Gasteiger partial charge in [-0.15, -0.1) is 0 Å². The topological polar surface area (TPSA) is 64.3 Å². The van der Waals surface area contributed by atoms with Gasteiger partial charge in [-0.05, 0) is 26.7 Å². The summed E-state index contributed by atoms with van der Waals surface area (Å²) in [5.74, 6) is -0.137. The van der Waals surface area contributed by atoms with E-state index >= 15 is 0 Å². The molecule has 4 nitrogen and oxygen atoms in total. The molecule has 0 saturated heterocycles. The Morgan fingerprint density at radius 3 is 2.35 bits per heavy atom. The summed E-state index contributed by atoms with van der Waals surface area (Å²) < 4.78 is 0. The van der Waals surface area contributed by atoms with Crippen LogP contribution in [0.1, 0.15) is 46.0 Å². The molecular formula is C13H22N2O2. The molecule has 0 aliphatic heterocycles. The van der Waals surface area contributed by atoms with E-state index in [1.807, 2.05) is 0 Å². The lowest BCUT2D eigenvalue weighted by atomic mass is 9.74. The smallest absolute Gasteiger partial charge is 0.242 e. The number of carbonyl (C=O) groups excluding carboxylic acids is 1. The molecule has 1 aliphatic carbocycles. The van der Waals surface area contributed by atoms with Gasteiger partial charge in [-0.1, -0.05) is 19.3 Å². The zero-order valence-corrected chi connectivity index (χ0v) is 11.0. The van der Waals surface area contributed by atoms with E-state index in [0.29, 0.717) is 12.8 Å². The minimum atomic E-state index is -0.921. The molecule has 0 spiro atoms. The lowest BCUT2D eigenvalue weighted by molar-refractivity contribution is -0.141. The molecule has 1 N–H and O–H groups in total. The molecular weight excluding hydrogens is 216 g/mol. The molecule has 0 aromatic carbocycles. The first-order chi connectivity index (χ1) is 7.81. The van der Waals surface area contributed by atoms with Crippen molar-refractivity contribution in [3.05, 3.63) is 0 Å². The number of hydrogen-bond acceptors (Lipinski definition) is 3. The highest BCUT2D eigenvalue weighted by molar-refractivity contribution is 5.85. The number of likely N-dealkylation sites (N-methyl/N-ethyl adjacent to an activating group) is 1. The van der Waals surface area contributed by atoms with Crippen LogP contribution in [-0.2, 0) is 4.79 Å². The quantitative estimate of drug-likeness (QED) is 0.813. The Balaban J connectivity index is 2.76. The molecule has 0 atom stereocenters. The van der Waals surface area contributed by atoms with Gasteiger partial charge in [0.25, 0.3) is 0 Å². The Labute approximate surface area is 103 Å². The van der Waals surface area contributed by atoms with Crippen LogP contribution in [0.3, 0.4) is 0 Å². The fourth-order valence-corrected chi connectivity index (χ4v) is 2.55. The molecule has 0 heterocycles. The number of carbonyl (C=O) groups is 1. The number of amides is 1. The van der Waals surface area contributed by atoms with Crippen molar-refractivity contribution in [2.24, 2.45) is 5.41 Å². The second-order valence-electron chi connectivity index (χ2n) is 5.73. The Morgan fingerprint density at radius 1 is 1.41 bits per heavy atom. The number of rotatable bonds is 3. The average Bonchev–Trinajstić information content (AvgIpc) is 2.26. The van der Waals surface area contributed by atoms with Crippen LogP contribution >= 0.6 is 0 Å². The van der Waals surface area contributed by atoms with E-state index in [0.717, 1.165) is 19.3 Å². The Kier molecular flexibility index (Phi) is 4.16. The third-order valence-corrected chi connectivity index (χ3v) is 3.30. The average molecular weight is 238 g/mol. The van der Waals surface area contributed by atoms with Crippen LogP contribution in [0.25, 0.3) is 0 Å². The molecule has 0 aromatic heterocycles. The van der Waals surface area contributed by atoms with Gasteiger partial charge in [-0.3, -0.25) is 4.79 Å². The van der Waals surface area contributed by atoms with Gasteiger partial charge in [-0.25, -0.2) is 0 Å². The van der Waals surface area contributed by atoms with Crippen molar-refractivity contribution in [2.75, 3.05) is 13.6 Å². The van der Waals surface area contributed by atoms with E-state index in [1.165, 1.54) is 4.90 Å². The molecule has 1 rings (SSSR count). The van der Waals surface area contributed by atoms with E-state index in [-0.39, 0.29) is 12.5 Å².